The first kappa shape index (κ1) is 7.97. The van der Waals surface area contributed by atoms with Gasteiger partial charge in [0.25, 0.3) is 0 Å². The fourth-order valence-corrected chi connectivity index (χ4v) is 1.66. The second-order valence-electron chi connectivity index (χ2n) is 3.19. The quantitative estimate of drug-likeness (QED) is 0.387. The number of rotatable bonds is 0. The summed E-state index contributed by atoms with van der Waals surface area (Å²) in [6.07, 6.45) is -2.97. The smallest absolute Gasteiger partial charge is 0.139 e. The van der Waals surface area contributed by atoms with E-state index in [9.17, 15) is 15.3 Å². The molecule has 5 nitrogen and oxygen atoms in total. The molecule has 1 saturated heterocycles. The third-order valence-corrected chi connectivity index (χ3v) is 2.36. The zero-order chi connectivity index (χ0) is 8.72. The number of aliphatic imine (C=N–C) groups is 1. The molecule has 0 saturated carbocycles. The van der Waals surface area contributed by atoms with Gasteiger partial charge in [-0.15, -0.1) is 0 Å². The van der Waals surface area contributed by atoms with E-state index in [1.807, 2.05) is 4.90 Å². The maximum Gasteiger partial charge on any atom is 0.139 e. The fourth-order valence-electron chi connectivity index (χ4n) is 1.66. The molecule has 0 aromatic carbocycles. The second-order valence-corrected chi connectivity index (χ2v) is 3.19. The van der Waals surface area contributed by atoms with Crippen LogP contribution in [0.4, 0.5) is 0 Å². The van der Waals surface area contributed by atoms with Crippen molar-refractivity contribution in [1.82, 2.24) is 4.90 Å². The monoisotopic (exact) mass is 172 g/mol. The summed E-state index contributed by atoms with van der Waals surface area (Å²) in [4.78, 5) is 5.85. The van der Waals surface area contributed by atoms with Gasteiger partial charge in [-0.2, -0.15) is 0 Å². The Morgan fingerprint density at radius 2 is 2.08 bits per heavy atom. The van der Waals surface area contributed by atoms with E-state index in [0.29, 0.717) is 18.9 Å². The first-order valence-electron chi connectivity index (χ1n) is 4.03. The normalized spacial score (nSPS) is 41.1. The van der Waals surface area contributed by atoms with Gasteiger partial charge in [-0.3, -0.25) is 4.99 Å². The van der Waals surface area contributed by atoms with Gasteiger partial charge in [0.15, 0.2) is 0 Å². The van der Waals surface area contributed by atoms with Gasteiger partial charge in [0.1, 0.15) is 24.1 Å². The van der Waals surface area contributed by atoms with Gasteiger partial charge >= 0.3 is 0 Å². The number of fused-ring (bicyclic) bond motifs is 1. The van der Waals surface area contributed by atoms with Crippen molar-refractivity contribution in [2.24, 2.45) is 4.99 Å². The molecule has 2 aliphatic rings. The van der Waals surface area contributed by atoms with E-state index in [2.05, 4.69) is 4.99 Å². The molecule has 12 heavy (non-hydrogen) atoms. The molecule has 2 heterocycles. The van der Waals surface area contributed by atoms with E-state index in [-0.39, 0.29) is 0 Å². The summed E-state index contributed by atoms with van der Waals surface area (Å²) in [5, 5.41) is 28.0. The lowest BCUT2D eigenvalue weighted by molar-refractivity contribution is -0.0592. The van der Waals surface area contributed by atoms with Gasteiger partial charge in [-0.1, -0.05) is 0 Å². The molecule has 0 spiro atoms. The molecule has 0 aliphatic carbocycles. The minimum atomic E-state index is -1.09. The Labute approximate surface area is 70.0 Å². The molecule has 2 rings (SSSR count). The molecule has 0 aromatic heterocycles. The molecule has 0 radical (unpaired) electrons. The van der Waals surface area contributed by atoms with E-state index in [0.717, 1.165) is 6.54 Å². The molecule has 3 atom stereocenters. The van der Waals surface area contributed by atoms with Crippen molar-refractivity contribution in [1.29, 1.82) is 0 Å². The van der Waals surface area contributed by atoms with E-state index >= 15 is 0 Å². The summed E-state index contributed by atoms with van der Waals surface area (Å²) in [5.74, 6) is 0.521. The average molecular weight is 172 g/mol. The number of hydrogen-bond donors (Lipinski definition) is 3. The lowest BCUT2D eigenvalue weighted by Gasteiger charge is -2.36. The molecule has 1 fully saturated rings. The highest BCUT2D eigenvalue weighted by atomic mass is 16.4. The predicted octanol–water partition coefficient (Wildman–Crippen LogP) is -2.20. The Morgan fingerprint density at radius 1 is 1.33 bits per heavy atom. The van der Waals surface area contributed by atoms with Crippen LogP contribution in [0.25, 0.3) is 0 Å². The molecular formula is C7H12N2O3. The third-order valence-electron chi connectivity index (χ3n) is 2.36. The molecule has 68 valence electrons. The zero-order valence-electron chi connectivity index (χ0n) is 6.59. The maximum absolute atomic E-state index is 9.44. The van der Waals surface area contributed by atoms with Crippen LogP contribution in [0.2, 0.25) is 0 Å². The Bertz CT molecular complexity index is 219. The molecule has 2 aliphatic heterocycles. The van der Waals surface area contributed by atoms with Gasteiger partial charge in [0.05, 0.1) is 6.54 Å². The minimum absolute atomic E-state index is 0.372. The van der Waals surface area contributed by atoms with Gasteiger partial charge in [0.2, 0.25) is 0 Å². The number of hydrogen-bond acceptors (Lipinski definition) is 5. The average Bonchev–Trinajstić information content (AvgIpc) is 2.48. The van der Waals surface area contributed by atoms with Crippen LogP contribution in [-0.4, -0.2) is 64.0 Å². The van der Waals surface area contributed by atoms with Crippen LogP contribution in [0, 0.1) is 0 Å². The third kappa shape index (κ3) is 1.01. The van der Waals surface area contributed by atoms with Gasteiger partial charge < -0.3 is 20.2 Å². The number of nitrogens with zero attached hydrogens (tertiary/aromatic N) is 2. The Kier molecular flexibility index (Phi) is 1.79. The maximum atomic E-state index is 9.44. The summed E-state index contributed by atoms with van der Waals surface area (Å²) >= 11 is 0. The van der Waals surface area contributed by atoms with Crippen molar-refractivity contribution in [3.05, 3.63) is 0 Å². The van der Waals surface area contributed by atoms with Crippen LogP contribution in [0.5, 0.6) is 0 Å². The summed E-state index contributed by atoms with van der Waals surface area (Å²) in [7, 11) is 0. The summed E-state index contributed by atoms with van der Waals surface area (Å²) in [6, 6.07) is 0. The molecule has 0 unspecified atom stereocenters. The summed E-state index contributed by atoms with van der Waals surface area (Å²) < 4.78 is 0. The van der Waals surface area contributed by atoms with Crippen LogP contribution in [0.3, 0.4) is 0 Å². The fraction of sp³-hybridized carbons (Fsp3) is 0.857. The number of aliphatic hydroxyl groups is 3. The molecule has 3 N–H and O–H groups in total. The minimum Gasteiger partial charge on any atom is -0.388 e. The van der Waals surface area contributed by atoms with Crippen LogP contribution >= 0.6 is 0 Å². The Morgan fingerprint density at radius 3 is 2.83 bits per heavy atom. The van der Waals surface area contributed by atoms with Gasteiger partial charge in [-0.05, 0) is 0 Å². The standard InChI is InChI=1S/C7H12N2O3/c10-4-3-9-2-1-8-7(9)6(12)5(4)11/h4-6,10-12H,1-3H2/t4-,5+,6-/m1/s1. The summed E-state index contributed by atoms with van der Waals surface area (Å²) in [6.45, 7) is 1.75. The van der Waals surface area contributed by atoms with E-state index < -0.39 is 18.3 Å². The topological polar surface area (TPSA) is 76.3 Å². The van der Waals surface area contributed by atoms with Gasteiger partial charge in [0, 0.05) is 13.1 Å². The lowest BCUT2D eigenvalue weighted by Crippen LogP contribution is -2.57. The largest absolute Gasteiger partial charge is 0.388 e. The van der Waals surface area contributed by atoms with Crippen molar-refractivity contribution >= 4 is 5.84 Å². The molecule has 0 amide bonds. The van der Waals surface area contributed by atoms with E-state index in [1.165, 1.54) is 0 Å². The highest BCUT2D eigenvalue weighted by molar-refractivity contribution is 5.89. The predicted molar refractivity (Wildman–Crippen MR) is 41.9 cm³/mol. The highest BCUT2D eigenvalue weighted by Gasteiger charge is 2.39. The van der Waals surface area contributed by atoms with Crippen LogP contribution < -0.4 is 0 Å². The SMILES string of the molecule is O[C@H]1[C@H](O)CN2CCN=C2[C@@H]1O. The zero-order valence-corrected chi connectivity index (χ0v) is 6.59. The highest BCUT2D eigenvalue weighted by Crippen LogP contribution is 2.17. The first-order chi connectivity index (χ1) is 5.70. The number of amidine groups is 1. The van der Waals surface area contributed by atoms with Crippen molar-refractivity contribution in [2.45, 2.75) is 18.3 Å². The van der Waals surface area contributed by atoms with Crippen LogP contribution in [0.15, 0.2) is 4.99 Å². The molecular weight excluding hydrogens is 160 g/mol. The van der Waals surface area contributed by atoms with Crippen molar-refractivity contribution in [3.8, 4) is 0 Å². The number of piperidine rings is 1. The van der Waals surface area contributed by atoms with Crippen LogP contribution in [0.1, 0.15) is 0 Å². The van der Waals surface area contributed by atoms with Crippen molar-refractivity contribution in [3.63, 3.8) is 0 Å². The molecule has 0 bridgehead atoms. The Hall–Kier alpha value is -0.650. The second kappa shape index (κ2) is 2.69. The van der Waals surface area contributed by atoms with Crippen LogP contribution in [-0.2, 0) is 0 Å². The lowest BCUT2D eigenvalue weighted by atomic mass is 10.0. The molecule has 5 heteroatoms. The van der Waals surface area contributed by atoms with E-state index in [1.54, 1.807) is 0 Å². The first-order valence-corrected chi connectivity index (χ1v) is 4.03. The van der Waals surface area contributed by atoms with E-state index in [4.69, 9.17) is 0 Å². The number of aliphatic hydroxyl groups excluding tert-OH is 3. The summed E-state index contributed by atoms with van der Waals surface area (Å²) in [5.41, 5.74) is 0. The van der Waals surface area contributed by atoms with Gasteiger partial charge in [-0.25, -0.2) is 0 Å². The van der Waals surface area contributed by atoms with Crippen molar-refractivity contribution < 1.29 is 15.3 Å². The van der Waals surface area contributed by atoms with Crippen molar-refractivity contribution in [2.75, 3.05) is 19.6 Å². The Balaban J connectivity index is 2.19. The molecule has 0 aromatic rings.